The van der Waals surface area contributed by atoms with Crippen LogP contribution in [0.25, 0.3) is 0 Å². The molecule has 4 heteroatoms. The van der Waals surface area contributed by atoms with E-state index in [1.54, 1.807) is 37.3 Å². The summed E-state index contributed by atoms with van der Waals surface area (Å²) in [7, 11) is 0. The number of piperidine rings is 1. The van der Waals surface area contributed by atoms with Crippen molar-refractivity contribution in [3.8, 4) is 0 Å². The molecule has 1 aliphatic rings. The van der Waals surface area contributed by atoms with E-state index in [2.05, 4.69) is 0 Å². The van der Waals surface area contributed by atoms with Gasteiger partial charge < -0.3 is 10.6 Å². The van der Waals surface area contributed by atoms with E-state index in [9.17, 15) is 9.59 Å². The molecule has 0 atom stereocenters. The zero-order valence-corrected chi connectivity index (χ0v) is 11.7. The number of carbonyl (C=O) groups is 2. The maximum absolute atomic E-state index is 12.0. The molecule has 0 aromatic heterocycles. The van der Waals surface area contributed by atoms with Gasteiger partial charge in [-0.15, -0.1) is 0 Å². The Labute approximate surface area is 119 Å². The van der Waals surface area contributed by atoms with Gasteiger partial charge in [0.25, 0.3) is 0 Å². The van der Waals surface area contributed by atoms with Crippen molar-refractivity contribution in [2.75, 3.05) is 18.8 Å². The zero-order chi connectivity index (χ0) is 14.5. The number of nitrogen functional groups attached to an aromatic ring is 1. The second kappa shape index (κ2) is 6.37. The van der Waals surface area contributed by atoms with Crippen molar-refractivity contribution >= 4 is 17.4 Å². The number of benzene rings is 1. The van der Waals surface area contributed by atoms with E-state index >= 15 is 0 Å². The predicted octanol–water partition coefficient (Wildman–Crippen LogP) is 2.27. The number of nitrogens with two attached hydrogens (primary N) is 1. The quantitative estimate of drug-likeness (QED) is 0.521. The number of amides is 1. The molecule has 2 rings (SSSR count). The van der Waals surface area contributed by atoms with Crippen molar-refractivity contribution in [1.82, 2.24) is 4.90 Å². The number of anilines is 1. The Morgan fingerprint density at radius 3 is 2.35 bits per heavy atom. The summed E-state index contributed by atoms with van der Waals surface area (Å²) in [6.07, 6.45) is 5.45. The number of carbonyl (C=O) groups excluding carboxylic acids is 2. The van der Waals surface area contributed by atoms with Crippen LogP contribution >= 0.6 is 0 Å². The molecule has 1 fully saturated rings. The molecule has 0 spiro atoms. The molecule has 106 valence electrons. The van der Waals surface area contributed by atoms with Gasteiger partial charge in [0.2, 0.25) is 5.91 Å². The molecule has 1 saturated heterocycles. The van der Waals surface area contributed by atoms with Crippen molar-refractivity contribution in [2.24, 2.45) is 5.92 Å². The topological polar surface area (TPSA) is 63.4 Å². The van der Waals surface area contributed by atoms with Crippen LogP contribution in [0.5, 0.6) is 0 Å². The number of allylic oxidation sites excluding steroid dienone is 2. The molecule has 0 saturated carbocycles. The van der Waals surface area contributed by atoms with Crippen LogP contribution in [0.15, 0.2) is 36.4 Å². The van der Waals surface area contributed by atoms with E-state index in [1.165, 1.54) is 0 Å². The first-order valence-corrected chi connectivity index (χ1v) is 6.90. The average molecular weight is 272 g/mol. The van der Waals surface area contributed by atoms with E-state index in [0.29, 0.717) is 17.2 Å². The third-order valence-corrected chi connectivity index (χ3v) is 3.70. The van der Waals surface area contributed by atoms with Gasteiger partial charge >= 0.3 is 0 Å². The summed E-state index contributed by atoms with van der Waals surface area (Å²) in [5.74, 6) is 0.507. The lowest BCUT2D eigenvalue weighted by Gasteiger charge is -2.29. The van der Waals surface area contributed by atoms with Crippen LogP contribution < -0.4 is 5.73 Å². The van der Waals surface area contributed by atoms with Gasteiger partial charge in [-0.2, -0.15) is 0 Å². The summed E-state index contributed by atoms with van der Waals surface area (Å²) >= 11 is 0. The largest absolute Gasteiger partial charge is 0.399 e. The highest BCUT2D eigenvalue weighted by molar-refractivity contribution is 6.04. The van der Waals surface area contributed by atoms with E-state index in [-0.39, 0.29) is 11.7 Å². The predicted molar refractivity (Wildman–Crippen MR) is 79.3 cm³/mol. The van der Waals surface area contributed by atoms with Gasteiger partial charge in [0.15, 0.2) is 5.78 Å². The zero-order valence-electron chi connectivity index (χ0n) is 11.7. The Morgan fingerprint density at radius 2 is 1.80 bits per heavy atom. The van der Waals surface area contributed by atoms with Crippen molar-refractivity contribution in [3.63, 3.8) is 0 Å². The van der Waals surface area contributed by atoms with Gasteiger partial charge in [-0.3, -0.25) is 9.59 Å². The lowest BCUT2D eigenvalue weighted by atomic mass is 9.95. The van der Waals surface area contributed by atoms with Gasteiger partial charge in [-0.05, 0) is 49.1 Å². The SMILES string of the molecule is CC(=O)N1CCC(C=CC(=O)c2ccc(N)cc2)CC1. The summed E-state index contributed by atoms with van der Waals surface area (Å²) in [4.78, 5) is 25.1. The number of rotatable bonds is 3. The molecule has 4 nitrogen and oxygen atoms in total. The van der Waals surface area contributed by atoms with E-state index in [4.69, 9.17) is 5.73 Å². The molecule has 1 aromatic carbocycles. The van der Waals surface area contributed by atoms with Crippen molar-refractivity contribution in [1.29, 1.82) is 0 Å². The molecule has 1 heterocycles. The summed E-state index contributed by atoms with van der Waals surface area (Å²) < 4.78 is 0. The Kier molecular flexibility index (Phi) is 4.56. The fourth-order valence-corrected chi connectivity index (χ4v) is 2.37. The molecule has 1 aromatic rings. The van der Waals surface area contributed by atoms with Crippen LogP contribution in [0, 0.1) is 5.92 Å². The number of nitrogens with zero attached hydrogens (tertiary/aromatic N) is 1. The smallest absolute Gasteiger partial charge is 0.219 e. The number of likely N-dealkylation sites (tertiary alicyclic amines) is 1. The summed E-state index contributed by atoms with van der Waals surface area (Å²) in [6.45, 7) is 3.15. The number of ketones is 1. The highest BCUT2D eigenvalue weighted by Gasteiger charge is 2.18. The third-order valence-electron chi connectivity index (χ3n) is 3.70. The molecule has 1 aliphatic heterocycles. The Morgan fingerprint density at radius 1 is 1.20 bits per heavy atom. The third kappa shape index (κ3) is 3.70. The number of hydrogen-bond donors (Lipinski definition) is 1. The van der Waals surface area contributed by atoms with Gasteiger partial charge in [0.1, 0.15) is 0 Å². The van der Waals surface area contributed by atoms with Crippen molar-refractivity contribution in [2.45, 2.75) is 19.8 Å². The van der Waals surface area contributed by atoms with Crippen LogP contribution in [-0.4, -0.2) is 29.7 Å². The highest BCUT2D eigenvalue weighted by atomic mass is 16.2. The van der Waals surface area contributed by atoms with Crippen molar-refractivity contribution < 1.29 is 9.59 Å². The molecular weight excluding hydrogens is 252 g/mol. The lowest BCUT2D eigenvalue weighted by Crippen LogP contribution is -2.36. The monoisotopic (exact) mass is 272 g/mol. The first kappa shape index (κ1) is 14.3. The standard InChI is InChI=1S/C16H20N2O2/c1-12(19)18-10-8-13(9-11-18)2-7-16(20)14-3-5-15(17)6-4-14/h2-7,13H,8-11,17H2,1H3. The minimum Gasteiger partial charge on any atom is -0.399 e. The normalized spacial score (nSPS) is 16.6. The maximum atomic E-state index is 12.0. The van der Waals surface area contributed by atoms with Gasteiger partial charge in [-0.25, -0.2) is 0 Å². The molecule has 0 unspecified atom stereocenters. The molecule has 20 heavy (non-hydrogen) atoms. The average Bonchev–Trinajstić information content (AvgIpc) is 2.46. The molecular formula is C16H20N2O2. The van der Waals surface area contributed by atoms with Crippen LogP contribution in [-0.2, 0) is 4.79 Å². The second-order valence-corrected chi connectivity index (χ2v) is 5.19. The van der Waals surface area contributed by atoms with Crippen LogP contribution in [0.1, 0.15) is 30.1 Å². The molecule has 0 radical (unpaired) electrons. The minimum atomic E-state index is -0.000928. The Balaban J connectivity index is 1.89. The van der Waals surface area contributed by atoms with E-state index in [1.807, 2.05) is 11.0 Å². The molecule has 0 bridgehead atoms. The Hall–Kier alpha value is -2.10. The Bertz CT molecular complexity index is 512. The van der Waals surface area contributed by atoms with Gasteiger partial charge in [-0.1, -0.05) is 6.08 Å². The van der Waals surface area contributed by atoms with Crippen LogP contribution in [0.3, 0.4) is 0 Å². The summed E-state index contributed by atoms with van der Waals surface area (Å²) in [5.41, 5.74) is 6.90. The van der Waals surface area contributed by atoms with Gasteiger partial charge in [0.05, 0.1) is 0 Å². The van der Waals surface area contributed by atoms with Gasteiger partial charge in [0, 0.05) is 31.3 Å². The molecule has 1 amide bonds. The van der Waals surface area contributed by atoms with E-state index < -0.39 is 0 Å². The van der Waals surface area contributed by atoms with Crippen LogP contribution in [0.4, 0.5) is 5.69 Å². The highest BCUT2D eigenvalue weighted by Crippen LogP contribution is 2.19. The fourth-order valence-electron chi connectivity index (χ4n) is 2.37. The second-order valence-electron chi connectivity index (χ2n) is 5.19. The van der Waals surface area contributed by atoms with Crippen LogP contribution in [0.2, 0.25) is 0 Å². The summed E-state index contributed by atoms with van der Waals surface area (Å²) in [6, 6.07) is 6.93. The molecule has 0 aliphatic carbocycles. The molecule has 2 N–H and O–H groups in total. The minimum absolute atomic E-state index is 0.000928. The first-order valence-electron chi connectivity index (χ1n) is 6.90. The lowest BCUT2D eigenvalue weighted by molar-refractivity contribution is -0.129. The van der Waals surface area contributed by atoms with Crippen molar-refractivity contribution in [3.05, 3.63) is 42.0 Å². The van der Waals surface area contributed by atoms with E-state index in [0.717, 1.165) is 25.9 Å². The number of hydrogen-bond acceptors (Lipinski definition) is 3. The summed E-state index contributed by atoms with van der Waals surface area (Å²) in [5, 5.41) is 0. The fraction of sp³-hybridized carbons (Fsp3) is 0.375. The maximum Gasteiger partial charge on any atom is 0.219 e. The first-order chi connectivity index (χ1) is 9.56.